The van der Waals surface area contributed by atoms with E-state index in [2.05, 4.69) is 25.1 Å². The first kappa shape index (κ1) is 10.9. The molecule has 0 heterocycles. The van der Waals surface area contributed by atoms with Crippen molar-refractivity contribution in [1.29, 1.82) is 0 Å². The van der Waals surface area contributed by atoms with E-state index in [1.54, 1.807) is 0 Å². The second-order valence-corrected chi connectivity index (χ2v) is 4.36. The highest BCUT2D eigenvalue weighted by Crippen LogP contribution is 2.33. The Kier molecular flexibility index (Phi) is 3.09. The summed E-state index contributed by atoms with van der Waals surface area (Å²) in [7, 11) is 0. The Morgan fingerprint density at radius 2 is 2.12 bits per heavy atom. The van der Waals surface area contributed by atoms with Gasteiger partial charge in [0.15, 0.2) is 0 Å². The van der Waals surface area contributed by atoms with Crippen molar-refractivity contribution < 1.29 is 9.90 Å². The number of aliphatic carboxylic acids is 1. The Morgan fingerprint density at radius 1 is 1.38 bits per heavy atom. The zero-order valence-electron chi connectivity index (χ0n) is 9.44. The quantitative estimate of drug-likeness (QED) is 0.823. The minimum atomic E-state index is -0.761. The molecule has 0 aromatic heterocycles. The third-order valence-electron chi connectivity index (χ3n) is 3.31. The predicted molar refractivity (Wildman–Crippen MR) is 63.5 cm³/mol. The fourth-order valence-electron chi connectivity index (χ4n) is 2.36. The van der Waals surface area contributed by atoms with Crippen LogP contribution in [0.15, 0.2) is 35.9 Å². The Morgan fingerprint density at radius 3 is 2.69 bits per heavy atom. The van der Waals surface area contributed by atoms with Crippen molar-refractivity contribution in [3.05, 3.63) is 47.0 Å². The first-order valence-corrected chi connectivity index (χ1v) is 5.66. The highest BCUT2D eigenvalue weighted by atomic mass is 16.4. The van der Waals surface area contributed by atoms with Gasteiger partial charge in [-0.25, -0.2) is 4.79 Å². The fraction of sp³-hybridized carbons (Fsp3) is 0.357. The SMILES string of the molecule is Cc1ccccc1C1CC=C(C(=O)O)CC1. The zero-order chi connectivity index (χ0) is 11.5. The lowest BCUT2D eigenvalue weighted by Gasteiger charge is -2.22. The van der Waals surface area contributed by atoms with E-state index in [-0.39, 0.29) is 0 Å². The number of rotatable bonds is 2. The van der Waals surface area contributed by atoms with Crippen LogP contribution in [0.4, 0.5) is 0 Å². The van der Waals surface area contributed by atoms with Gasteiger partial charge in [0.25, 0.3) is 0 Å². The molecule has 1 atom stereocenters. The van der Waals surface area contributed by atoms with Gasteiger partial charge >= 0.3 is 5.97 Å². The molecule has 0 saturated heterocycles. The van der Waals surface area contributed by atoms with Gasteiger partial charge in [0.2, 0.25) is 0 Å². The maximum atomic E-state index is 10.8. The molecule has 1 unspecified atom stereocenters. The Balaban J connectivity index is 2.16. The van der Waals surface area contributed by atoms with Gasteiger partial charge in [0.05, 0.1) is 0 Å². The molecular formula is C14H16O2. The highest BCUT2D eigenvalue weighted by molar-refractivity contribution is 5.86. The van der Waals surface area contributed by atoms with Gasteiger partial charge in [-0.3, -0.25) is 0 Å². The molecule has 2 rings (SSSR count). The summed E-state index contributed by atoms with van der Waals surface area (Å²) in [6.45, 7) is 2.12. The summed E-state index contributed by atoms with van der Waals surface area (Å²) in [5, 5.41) is 8.88. The molecule has 0 amide bonds. The van der Waals surface area contributed by atoms with E-state index in [1.807, 2.05) is 12.1 Å². The Hall–Kier alpha value is -1.57. The monoisotopic (exact) mass is 216 g/mol. The molecular weight excluding hydrogens is 200 g/mol. The van der Waals surface area contributed by atoms with E-state index in [4.69, 9.17) is 5.11 Å². The lowest BCUT2D eigenvalue weighted by molar-refractivity contribution is -0.132. The molecule has 1 aliphatic rings. The summed E-state index contributed by atoms with van der Waals surface area (Å²) in [6.07, 6.45) is 4.37. The largest absolute Gasteiger partial charge is 0.478 e. The van der Waals surface area contributed by atoms with Gasteiger partial charge < -0.3 is 5.11 Å². The molecule has 1 aromatic carbocycles. The number of carbonyl (C=O) groups is 1. The standard InChI is InChI=1S/C14H16O2/c1-10-4-2-3-5-13(10)11-6-8-12(9-7-11)14(15)16/h2-5,8,11H,6-7,9H2,1H3,(H,15,16). The van der Waals surface area contributed by atoms with Crippen LogP contribution in [0.3, 0.4) is 0 Å². The molecule has 16 heavy (non-hydrogen) atoms. The molecule has 0 fully saturated rings. The third kappa shape index (κ3) is 2.16. The number of hydrogen-bond acceptors (Lipinski definition) is 1. The summed E-state index contributed by atoms with van der Waals surface area (Å²) in [6, 6.07) is 8.37. The predicted octanol–water partition coefficient (Wildman–Crippen LogP) is 3.27. The average molecular weight is 216 g/mol. The number of carboxylic acids is 1. The van der Waals surface area contributed by atoms with Gasteiger partial charge in [-0.05, 0) is 43.2 Å². The first-order chi connectivity index (χ1) is 7.68. The number of allylic oxidation sites excluding steroid dienone is 1. The molecule has 2 heteroatoms. The number of hydrogen-bond donors (Lipinski definition) is 1. The molecule has 1 N–H and O–H groups in total. The zero-order valence-corrected chi connectivity index (χ0v) is 9.44. The van der Waals surface area contributed by atoms with E-state index < -0.39 is 5.97 Å². The van der Waals surface area contributed by atoms with Crippen LogP contribution in [0.25, 0.3) is 0 Å². The van der Waals surface area contributed by atoms with Crippen LogP contribution in [0.1, 0.15) is 36.3 Å². The van der Waals surface area contributed by atoms with Crippen LogP contribution in [-0.2, 0) is 4.79 Å². The van der Waals surface area contributed by atoms with E-state index in [0.717, 1.165) is 12.8 Å². The average Bonchev–Trinajstić information content (AvgIpc) is 2.30. The molecule has 0 spiro atoms. The lowest BCUT2D eigenvalue weighted by atomic mass is 9.83. The number of carboxylic acid groups (broad SMARTS) is 1. The molecule has 0 radical (unpaired) electrons. The summed E-state index contributed by atoms with van der Waals surface area (Å²) < 4.78 is 0. The second-order valence-electron chi connectivity index (χ2n) is 4.36. The minimum Gasteiger partial charge on any atom is -0.478 e. The van der Waals surface area contributed by atoms with Gasteiger partial charge in [-0.1, -0.05) is 30.3 Å². The normalized spacial score (nSPS) is 20.3. The van der Waals surface area contributed by atoms with Crippen LogP contribution in [0.5, 0.6) is 0 Å². The van der Waals surface area contributed by atoms with Crippen molar-refractivity contribution in [3.63, 3.8) is 0 Å². The molecule has 84 valence electrons. The maximum absolute atomic E-state index is 10.8. The molecule has 1 aromatic rings. The summed E-state index contributed by atoms with van der Waals surface area (Å²) in [5.74, 6) is -0.271. The van der Waals surface area contributed by atoms with E-state index in [9.17, 15) is 4.79 Å². The van der Waals surface area contributed by atoms with Crippen molar-refractivity contribution in [1.82, 2.24) is 0 Å². The highest BCUT2D eigenvalue weighted by Gasteiger charge is 2.20. The number of benzene rings is 1. The molecule has 2 nitrogen and oxygen atoms in total. The minimum absolute atomic E-state index is 0.490. The summed E-state index contributed by atoms with van der Waals surface area (Å²) in [5.41, 5.74) is 3.24. The van der Waals surface area contributed by atoms with Crippen LogP contribution < -0.4 is 0 Å². The lowest BCUT2D eigenvalue weighted by Crippen LogP contribution is -2.10. The van der Waals surface area contributed by atoms with Gasteiger partial charge in [-0.2, -0.15) is 0 Å². The summed E-state index contributed by atoms with van der Waals surface area (Å²) >= 11 is 0. The van der Waals surface area contributed by atoms with Crippen LogP contribution in [0.2, 0.25) is 0 Å². The van der Waals surface area contributed by atoms with Crippen LogP contribution in [-0.4, -0.2) is 11.1 Å². The Bertz CT molecular complexity index is 432. The van der Waals surface area contributed by atoms with E-state index in [0.29, 0.717) is 17.9 Å². The van der Waals surface area contributed by atoms with E-state index in [1.165, 1.54) is 11.1 Å². The maximum Gasteiger partial charge on any atom is 0.331 e. The number of aryl methyl sites for hydroxylation is 1. The van der Waals surface area contributed by atoms with Crippen LogP contribution >= 0.6 is 0 Å². The summed E-state index contributed by atoms with van der Waals surface area (Å²) in [4.78, 5) is 10.8. The van der Waals surface area contributed by atoms with Crippen molar-refractivity contribution in [2.75, 3.05) is 0 Å². The first-order valence-electron chi connectivity index (χ1n) is 5.66. The third-order valence-corrected chi connectivity index (χ3v) is 3.31. The van der Waals surface area contributed by atoms with Gasteiger partial charge in [0, 0.05) is 5.57 Å². The van der Waals surface area contributed by atoms with Crippen molar-refractivity contribution in [2.24, 2.45) is 0 Å². The smallest absolute Gasteiger partial charge is 0.331 e. The van der Waals surface area contributed by atoms with Crippen molar-refractivity contribution >= 4 is 5.97 Å². The van der Waals surface area contributed by atoms with Gasteiger partial charge in [-0.15, -0.1) is 0 Å². The van der Waals surface area contributed by atoms with Gasteiger partial charge in [0.1, 0.15) is 0 Å². The van der Waals surface area contributed by atoms with Crippen molar-refractivity contribution in [2.45, 2.75) is 32.1 Å². The Labute approximate surface area is 95.6 Å². The second kappa shape index (κ2) is 4.52. The molecule has 1 aliphatic carbocycles. The van der Waals surface area contributed by atoms with Crippen LogP contribution in [0, 0.1) is 6.92 Å². The molecule has 0 aliphatic heterocycles. The van der Waals surface area contributed by atoms with E-state index >= 15 is 0 Å². The van der Waals surface area contributed by atoms with Crippen molar-refractivity contribution in [3.8, 4) is 0 Å². The fourth-order valence-corrected chi connectivity index (χ4v) is 2.36. The molecule has 0 bridgehead atoms. The molecule has 0 saturated carbocycles. The topological polar surface area (TPSA) is 37.3 Å².